The van der Waals surface area contributed by atoms with Crippen molar-refractivity contribution in [2.45, 2.75) is 6.92 Å². The van der Waals surface area contributed by atoms with E-state index < -0.39 is 0 Å². The maximum absolute atomic E-state index is 11.8. The molecule has 0 saturated carbocycles. The van der Waals surface area contributed by atoms with Crippen LogP contribution in [0.4, 0.5) is 0 Å². The minimum absolute atomic E-state index is 0.0346. The second kappa shape index (κ2) is 6.58. The number of rotatable bonds is 5. The van der Waals surface area contributed by atoms with Gasteiger partial charge in [0, 0.05) is 22.9 Å². The Kier molecular flexibility index (Phi) is 4.33. The average molecular weight is 322 g/mol. The van der Waals surface area contributed by atoms with Crippen LogP contribution >= 0.6 is 0 Å². The number of carbonyl (C=O) groups excluding carboxylic acids is 1. The van der Waals surface area contributed by atoms with Crippen LogP contribution in [0, 0.1) is 0 Å². The van der Waals surface area contributed by atoms with Crippen LogP contribution in [0.3, 0.4) is 0 Å². The summed E-state index contributed by atoms with van der Waals surface area (Å²) in [6.45, 7) is 1.53. The predicted molar refractivity (Wildman–Crippen MR) is 92.1 cm³/mol. The van der Waals surface area contributed by atoms with E-state index in [1.807, 2.05) is 36.5 Å². The van der Waals surface area contributed by atoms with Gasteiger partial charge >= 0.3 is 0 Å². The lowest BCUT2D eigenvalue weighted by atomic mass is 10.0. The van der Waals surface area contributed by atoms with E-state index in [0.717, 1.165) is 16.8 Å². The summed E-state index contributed by atoms with van der Waals surface area (Å²) in [5.41, 5.74) is 3.13. The van der Waals surface area contributed by atoms with Gasteiger partial charge in [-0.15, -0.1) is 0 Å². The Balaban J connectivity index is 2.13. The van der Waals surface area contributed by atoms with E-state index in [1.54, 1.807) is 37.2 Å². The normalized spacial score (nSPS) is 10.5. The molecule has 0 N–H and O–H groups in total. The van der Waals surface area contributed by atoms with Gasteiger partial charge in [-0.3, -0.25) is 4.79 Å². The minimum Gasteiger partial charge on any atom is -0.493 e. The fraction of sp³-hybridized carbons (Fsp3) is 0.158. The molecule has 24 heavy (non-hydrogen) atoms. The summed E-state index contributed by atoms with van der Waals surface area (Å²) < 4.78 is 12.7. The number of ether oxygens (including phenoxy) is 2. The quantitative estimate of drug-likeness (QED) is 0.671. The lowest BCUT2D eigenvalue weighted by Gasteiger charge is -2.13. The molecule has 0 saturated heterocycles. The molecular weight excluding hydrogens is 304 g/mol. The Morgan fingerprint density at radius 1 is 1.08 bits per heavy atom. The molecule has 2 aromatic carbocycles. The number of carbonyl (C=O) groups is 1. The summed E-state index contributed by atoms with van der Waals surface area (Å²) in [6.07, 6.45) is 3.64. The molecule has 0 aliphatic rings. The Bertz CT molecular complexity index is 870. The van der Waals surface area contributed by atoms with Crippen LogP contribution < -0.4 is 9.47 Å². The molecule has 0 radical (unpaired) electrons. The molecule has 0 aliphatic heterocycles. The second-order valence-corrected chi connectivity index (χ2v) is 5.32. The number of aromatic nitrogens is 2. The van der Waals surface area contributed by atoms with Crippen LogP contribution in [0.1, 0.15) is 17.3 Å². The highest BCUT2D eigenvalue weighted by molar-refractivity contribution is 5.97. The monoisotopic (exact) mass is 322 g/mol. The molecule has 0 bridgehead atoms. The van der Waals surface area contributed by atoms with Crippen molar-refractivity contribution in [2.75, 3.05) is 14.2 Å². The van der Waals surface area contributed by atoms with Crippen molar-refractivity contribution < 1.29 is 14.3 Å². The van der Waals surface area contributed by atoms with E-state index in [-0.39, 0.29) is 5.78 Å². The molecule has 5 nitrogen and oxygen atoms in total. The summed E-state index contributed by atoms with van der Waals surface area (Å²) in [4.78, 5) is 11.8. The standard InChI is InChI=1S/C19H18N2O3/c1-13(22)14-9-17(19(24-3)18(10-14)23-2)15-11-20-21(12-15)16-7-5-4-6-8-16/h4-12H,1-3H3. The van der Waals surface area contributed by atoms with Crippen LogP contribution in [0.25, 0.3) is 16.8 Å². The Morgan fingerprint density at radius 2 is 1.83 bits per heavy atom. The van der Waals surface area contributed by atoms with Crippen molar-refractivity contribution in [2.24, 2.45) is 0 Å². The average Bonchev–Trinajstić information content (AvgIpc) is 3.11. The SMILES string of the molecule is COc1cc(C(C)=O)cc(-c2cnn(-c3ccccc3)c2)c1OC. The third kappa shape index (κ3) is 2.88. The maximum atomic E-state index is 11.8. The fourth-order valence-electron chi connectivity index (χ4n) is 2.57. The van der Waals surface area contributed by atoms with E-state index in [2.05, 4.69) is 5.10 Å². The predicted octanol–water partition coefficient (Wildman–Crippen LogP) is 3.76. The summed E-state index contributed by atoms with van der Waals surface area (Å²) in [7, 11) is 3.13. The van der Waals surface area contributed by atoms with Crippen molar-refractivity contribution in [1.29, 1.82) is 0 Å². The third-order valence-electron chi connectivity index (χ3n) is 3.80. The summed E-state index contributed by atoms with van der Waals surface area (Å²) in [5, 5.41) is 4.40. The number of Topliss-reactive ketones (excluding diaryl/α,β-unsaturated/α-hetero) is 1. The number of benzene rings is 2. The molecule has 3 aromatic rings. The molecule has 1 aromatic heterocycles. The van der Waals surface area contributed by atoms with Gasteiger partial charge in [-0.1, -0.05) is 18.2 Å². The first-order valence-corrected chi connectivity index (χ1v) is 7.51. The number of nitrogens with zero attached hydrogens (tertiary/aromatic N) is 2. The molecule has 122 valence electrons. The van der Waals surface area contributed by atoms with Crippen molar-refractivity contribution in [1.82, 2.24) is 9.78 Å². The summed E-state index contributed by atoms with van der Waals surface area (Å²) in [6, 6.07) is 13.3. The largest absolute Gasteiger partial charge is 0.493 e. The van der Waals surface area contributed by atoms with Crippen molar-refractivity contribution >= 4 is 5.78 Å². The number of hydrogen-bond acceptors (Lipinski definition) is 4. The Hall–Kier alpha value is -3.08. The van der Waals surface area contributed by atoms with Crippen molar-refractivity contribution in [3.05, 3.63) is 60.4 Å². The first-order valence-electron chi connectivity index (χ1n) is 7.51. The smallest absolute Gasteiger partial charge is 0.168 e. The van der Waals surface area contributed by atoms with Gasteiger partial charge in [-0.2, -0.15) is 5.10 Å². The molecule has 5 heteroatoms. The van der Waals surface area contributed by atoms with Gasteiger partial charge in [0.1, 0.15) is 0 Å². The molecule has 0 atom stereocenters. The van der Waals surface area contributed by atoms with Crippen LogP contribution in [0.2, 0.25) is 0 Å². The Morgan fingerprint density at radius 3 is 2.46 bits per heavy atom. The van der Waals surface area contributed by atoms with Gasteiger partial charge in [0.15, 0.2) is 17.3 Å². The second-order valence-electron chi connectivity index (χ2n) is 5.32. The van der Waals surface area contributed by atoms with E-state index >= 15 is 0 Å². The van der Waals surface area contributed by atoms with Gasteiger partial charge in [0.25, 0.3) is 0 Å². The van der Waals surface area contributed by atoms with E-state index in [1.165, 1.54) is 6.92 Å². The summed E-state index contributed by atoms with van der Waals surface area (Å²) >= 11 is 0. The fourth-order valence-corrected chi connectivity index (χ4v) is 2.57. The van der Waals surface area contributed by atoms with Gasteiger partial charge < -0.3 is 9.47 Å². The van der Waals surface area contributed by atoms with Gasteiger partial charge in [-0.25, -0.2) is 4.68 Å². The lowest BCUT2D eigenvalue weighted by Crippen LogP contribution is -1.99. The topological polar surface area (TPSA) is 53.3 Å². The molecule has 0 unspecified atom stereocenters. The first kappa shape index (κ1) is 15.8. The molecule has 0 fully saturated rings. The van der Waals surface area contributed by atoms with E-state index in [4.69, 9.17) is 9.47 Å². The van der Waals surface area contributed by atoms with E-state index in [0.29, 0.717) is 17.1 Å². The van der Waals surface area contributed by atoms with Crippen molar-refractivity contribution in [3.8, 4) is 28.3 Å². The molecule has 0 aliphatic carbocycles. The minimum atomic E-state index is -0.0346. The highest BCUT2D eigenvalue weighted by Gasteiger charge is 2.17. The highest BCUT2D eigenvalue weighted by atomic mass is 16.5. The first-order chi connectivity index (χ1) is 11.6. The van der Waals surface area contributed by atoms with Crippen molar-refractivity contribution in [3.63, 3.8) is 0 Å². The molecular formula is C19H18N2O3. The van der Waals surface area contributed by atoms with Crippen LogP contribution in [0.5, 0.6) is 11.5 Å². The zero-order valence-corrected chi connectivity index (χ0v) is 13.8. The highest BCUT2D eigenvalue weighted by Crippen LogP contribution is 2.39. The third-order valence-corrected chi connectivity index (χ3v) is 3.80. The van der Waals surface area contributed by atoms with Gasteiger partial charge in [0.2, 0.25) is 0 Å². The van der Waals surface area contributed by atoms with Crippen LogP contribution in [-0.4, -0.2) is 29.8 Å². The summed E-state index contributed by atoms with van der Waals surface area (Å²) in [5.74, 6) is 1.07. The van der Waals surface area contributed by atoms with Crippen LogP contribution in [-0.2, 0) is 0 Å². The molecule has 3 rings (SSSR count). The zero-order chi connectivity index (χ0) is 17.1. The molecule has 0 spiro atoms. The van der Waals surface area contributed by atoms with Gasteiger partial charge in [0.05, 0.1) is 26.1 Å². The van der Waals surface area contributed by atoms with Crippen LogP contribution in [0.15, 0.2) is 54.9 Å². The Labute approximate surface area is 140 Å². The number of methoxy groups -OCH3 is 2. The van der Waals surface area contributed by atoms with E-state index in [9.17, 15) is 4.79 Å². The lowest BCUT2D eigenvalue weighted by molar-refractivity contribution is 0.101. The number of hydrogen-bond donors (Lipinski definition) is 0. The zero-order valence-electron chi connectivity index (χ0n) is 13.8. The van der Waals surface area contributed by atoms with Gasteiger partial charge in [-0.05, 0) is 31.2 Å². The number of ketones is 1. The maximum Gasteiger partial charge on any atom is 0.168 e. The molecule has 1 heterocycles. The number of para-hydroxylation sites is 1. The molecule has 0 amide bonds.